The molecule has 2 N–H and O–H groups in total. The molecule has 19 heavy (non-hydrogen) atoms. The summed E-state index contributed by atoms with van der Waals surface area (Å²) in [6.07, 6.45) is 5.43. The fourth-order valence-corrected chi connectivity index (χ4v) is 7.03. The van der Waals surface area contributed by atoms with Crippen molar-refractivity contribution >= 4 is 8.56 Å². The Labute approximate surface area is 119 Å². The van der Waals surface area contributed by atoms with Crippen LogP contribution in [-0.2, 0) is 13.6 Å². The minimum Gasteiger partial charge on any atom is -0.396 e. The number of hydrogen-bond acceptors (Lipinski definition) is 4. The van der Waals surface area contributed by atoms with Gasteiger partial charge in [0, 0.05) is 21.3 Å². The summed E-state index contributed by atoms with van der Waals surface area (Å²) in [5.41, 5.74) is 5.99. The van der Waals surface area contributed by atoms with Gasteiger partial charge in [0.2, 0.25) is 0 Å². The summed E-state index contributed by atoms with van der Waals surface area (Å²) in [7, 11) is 3.08. The van der Waals surface area contributed by atoms with E-state index in [1.165, 1.54) is 12.8 Å². The van der Waals surface area contributed by atoms with Gasteiger partial charge in [-0.1, -0.05) is 26.7 Å². The van der Waals surface area contributed by atoms with E-state index in [4.69, 9.17) is 19.3 Å². The maximum absolute atomic E-state index is 5.99. The molecule has 0 radical (unpaired) electrons. The van der Waals surface area contributed by atoms with Gasteiger partial charge in [-0.3, -0.25) is 0 Å². The molecule has 114 valence electrons. The minimum absolute atomic E-state index is 0.143. The average molecular weight is 289 g/mol. The Morgan fingerprint density at radius 1 is 1.16 bits per heavy atom. The monoisotopic (exact) mass is 289 g/mol. The predicted molar refractivity (Wildman–Crippen MR) is 80.2 cm³/mol. The van der Waals surface area contributed by atoms with Gasteiger partial charge in [-0.2, -0.15) is 0 Å². The first kappa shape index (κ1) is 17.1. The van der Waals surface area contributed by atoms with Crippen molar-refractivity contribution in [2.24, 2.45) is 11.1 Å². The Bertz CT molecular complexity index is 282. The smallest absolute Gasteiger partial charge is 0.370 e. The first-order valence-electron chi connectivity index (χ1n) is 7.26. The molecule has 1 rings (SSSR count). The third-order valence-electron chi connectivity index (χ3n) is 4.84. The van der Waals surface area contributed by atoms with Crippen LogP contribution in [0.15, 0.2) is 0 Å². The van der Waals surface area contributed by atoms with Crippen LogP contribution in [0.25, 0.3) is 0 Å². The Balaban J connectivity index is 2.91. The first-order chi connectivity index (χ1) is 8.91. The summed E-state index contributed by atoms with van der Waals surface area (Å²) in [5.74, 6) is 0. The lowest BCUT2D eigenvalue weighted by Gasteiger charge is -2.48. The highest BCUT2D eigenvalue weighted by Crippen LogP contribution is 2.44. The van der Waals surface area contributed by atoms with Crippen LogP contribution in [0.3, 0.4) is 0 Å². The molecule has 1 saturated heterocycles. The van der Waals surface area contributed by atoms with E-state index in [0.717, 1.165) is 25.3 Å². The van der Waals surface area contributed by atoms with E-state index in [-0.39, 0.29) is 10.6 Å². The van der Waals surface area contributed by atoms with Gasteiger partial charge in [-0.25, -0.2) is 0 Å². The fourth-order valence-electron chi connectivity index (χ4n) is 3.16. The van der Waals surface area contributed by atoms with Crippen molar-refractivity contribution in [2.75, 3.05) is 27.9 Å². The molecule has 1 aliphatic rings. The van der Waals surface area contributed by atoms with Crippen molar-refractivity contribution in [1.82, 2.24) is 0 Å². The zero-order valence-corrected chi connectivity index (χ0v) is 14.3. The van der Waals surface area contributed by atoms with Gasteiger partial charge in [0.25, 0.3) is 0 Å². The Hall–Kier alpha value is 0.0569. The molecule has 4 nitrogen and oxygen atoms in total. The normalized spacial score (nSPS) is 27.5. The van der Waals surface area contributed by atoms with Gasteiger partial charge in [0.05, 0.1) is 0 Å². The standard InChI is InChI=1S/C14H31NO3Si/c1-13(2,12-15)9-10-14(16-3)8-6-7-11-19(14,17-4)18-5/h6-12,15H2,1-5H3. The topological polar surface area (TPSA) is 53.7 Å². The molecule has 0 saturated carbocycles. The van der Waals surface area contributed by atoms with Crippen LogP contribution in [-0.4, -0.2) is 41.7 Å². The summed E-state index contributed by atoms with van der Waals surface area (Å²) in [6, 6.07) is 1.02. The van der Waals surface area contributed by atoms with E-state index in [9.17, 15) is 0 Å². The SMILES string of the molecule is COC1(CCC(C)(C)CN)CCCC[Si]1(OC)OC. The van der Waals surface area contributed by atoms with Gasteiger partial charge in [0.1, 0.15) is 5.22 Å². The number of rotatable bonds is 7. The molecule has 1 heterocycles. The van der Waals surface area contributed by atoms with Crippen LogP contribution < -0.4 is 5.73 Å². The zero-order valence-electron chi connectivity index (χ0n) is 13.3. The molecule has 0 bridgehead atoms. The van der Waals surface area contributed by atoms with Crippen molar-refractivity contribution in [3.8, 4) is 0 Å². The lowest BCUT2D eigenvalue weighted by molar-refractivity contribution is -0.0211. The maximum atomic E-state index is 5.99. The predicted octanol–water partition coefficient (Wildman–Crippen LogP) is 2.59. The van der Waals surface area contributed by atoms with Crippen LogP contribution in [0.5, 0.6) is 0 Å². The van der Waals surface area contributed by atoms with E-state index in [0.29, 0.717) is 6.54 Å². The van der Waals surface area contributed by atoms with E-state index in [1.807, 2.05) is 0 Å². The molecule has 1 unspecified atom stereocenters. The van der Waals surface area contributed by atoms with E-state index in [2.05, 4.69) is 13.8 Å². The van der Waals surface area contributed by atoms with Crippen molar-refractivity contribution in [1.29, 1.82) is 0 Å². The first-order valence-corrected chi connectivity index (χ1v) is 9.29. The summed E-state index contributed by atoms with van der Waals surface area (Å²) < 4.78 is 17.8. The van der Waals surface area contributed by atoms with Crippen molar-refractivity contribution in [3.63, 3.8) is 0 Å². The van der Waals surface area contributed by atoms with Gasteiger partial charge in [-0.15, -0.1) is 0 Å². The second-order valence-corrected chi connectivity index (χ2v) is 10.2. The highest BCUT2D eigenvalue weighted by atomic mass is 28.4. The minimum atomic E-state index is -2.29. The van der Waals surface area contributed by atoms with Crippen LogP contribution in [0.2, 0.25) is 6.04 Å². The van der Waals surface area contributed by atoms with Gasteiger partial charge in [0.15, 0.2) is 0 Å². The quantitative estimate of drug-likeness (QED) is 0.732. The molecule has 0 aliphatic carbocycles. The number of ether oxygens (including phenoxy) is 1. The summed E-state index contributed by atoms with van der Waals surface area (Å²) in [6.45, 7) is 5.12. The summed E-state index contributed by atoms with van der Waals surface area (Å²) in [4.78, 5) is 0. The number of nitrogens with two attached hydrogens (primary N) is 1. The van der Waals surface area contributed by atoms with Crippen molar-refractivity contribution in [3.05, 3.63) is 0 Å². The molecule has 1 aliphatic heterocycles. The van der Waals surface area contributed by atoms with Crippen molar-refractivity contribution < 1.29 is 13.6 Å². The molecular weight excluding hydrogens is 258 g/mol. The van der Waals surface area contributed by atoms with E-state index in [1.54, 1.807) is 21.3 Å². The fraction of sp³-hybridized carbons (Fsp3) is 1.00. The molecule has 1 atom stereocenters. The van der Waals surface area contributed by atoms with Crippen molar-refractivity contribution in [2.45, 2.75) is 57.2 Å². The lowest BCUT2D eigenvalue weighted by atomic mass is 9.86. The summed E-state index contributed by atoms with van der Waals surface area (Å²) in [5, 5.41) is -0.221. The zero-order chi connectivity index (χ0) is 14.6. The molecular formula is C14H31NO3Si. The van der Waals surface area contributed by atoms with Crippen LogP contribution >= 0.6 is 0 Å². The highest BCUT2D eigenvalue weighted by Gasteiger charge is 2.58. The average Bonchev–Trinajstić information content (AvgIpc) is 2.45. The Morgan fingerprint density at radius 3 is 2.26 bits per heavy atom. The van der Waals surface area contributed by atoms with Crippen LogP contribution in [0, 0.1) is 5.41 Å². The Morgan fingerprint density at radius 2 is 1.79 bits per heavy atom. The highest BCUT2D eigenvalue weighted by molar-refractivity contribution is 6.70. The maximum Gasteiger partial charge on any atom is 0.370 e. The molecule has 0 amide bonds. The van der Waals surface area contributed by atoms with Crippen LogP contribution in [0.4, 0.5) is 0 Å². The van der Waals surface area contributed by atoms with Gasteiger partial charge in [-0.05, 0) is 37.3 Å². The molecule has 1 fully saturated rings. The van der Waals surface area contributed by atoms with Gasteiger partial charge < -0.3 is 19.3 Å². The molecule has 0 spiro atoms. The molecule has 5 heteroatoms. The number of methoxy groups -OCH3 is 1. The third-order valence-corrected chi connectivity index (χ3v) is 9.26. The largest absolute Gasteiger partial charge is 0.396 e. The van der Waals surface area contributed by atoms with Gasteiger partial charge >= 0.3 is 8.56 Å². The van der Waals surface area contributed by atoms with E-state index >= 15 is 0 Å². The second-order valence-electron chi connectivity index (χ2n) is 6.44. The molecule has 0 aromatic rings. The third kappa shape index (κ3) is 3.39. The lowest BCUT2D eigenvalue weighted by Crippen LogP contribution is -2.65. The second kappa shape index (κ2) is 6.67. The summed E-state index contributed by atoms with van der Waals surface area (Å²) >= 11 is 0. The Kier molecular flexibility index (Phi) is 6.01. The van der Waals surface area contributed by atoms with Crippen LogP contribution in [0.1, 0.15) is 46.0 Å². The molecule has 0 aromatic heterocycles. The number of hydrogen-bond donors (Lipinski definition) is 1. The van der Waals surface area contributed by atoms with E-state index < -0.39 is 8.56 Å². The molecule has 0 aromatic carbocycles.